The number of nitrogens with two attached hydrogens (primary N) is 1. The number of anilines is 3. The molecule has 10 heteroatoms. The second kappa shape index (κ2) is 8.07. The molecule has 0 spiro atoms. The lowest BCUT2D eigenvalue weighted by Gasteiger charge is -2.34. The lowest BCUT2D eigenvalue weighted by Crippen LogP contribution is -2.42. The van der Waals surface area contributed by atoms with Crippen LogP contribution >= 0.6 is 0 Å². The molecule has 2 aromatic rings. The van der Waals surface area contributed by atoms with Gasteiger partial charge in [0, 0.05) is 44.0 Å². The van der Waals surface area contributed by atoms with Gasteiger partial charge < -0.3 is 25.0 Å². The van der Waals surface area contributed by atoms with Gasteiger partial charge in [-0.1, -0.05) is 6.92 Å². The van der Waals surface area contributed by atoms with Crippen LogP contribution in [0.2, 0.25) is 0 Å². The van der Waals surface area contributed by atoms with Gasteiger partial charge in [-0.2, -0.15) is 13.8 Å². The summed E-state index contributed by atoms with van der Waals surface area (Å²) in [6.07, 6.45) is 3.88. The van der Waals surface area contributed by atoms with Gasteiger partial charge in [0.2, 0.25) is 5.95 Å². The second-order valence-electron chi connectivity index (χ2n) is 8.41. The van der Waals surface area contributed by atoms with E-state index in [0.717, 1.165) is 50.3 Å². The maximum Gasteiger partial charge on any atom is 0.387 e. The van der Waals surface area contributed by atoms with Crippen molar-refractivity contribution in [2.75, 3.05) is 48.3 Å². The molecule has 0 bridgehead atoms. The number of piperidine rings is 1. The topological polar surface area (TPSA) is 89.6 Å². The fourth-order valence-corrected chi connectivity index (χ4v) is 4.39. The zero-order valence-corrected chi connectivity index (χ0v) is 17.4. The maximum absolute atomic E-state index is 12.8. The molecule has 0 amide bonds. The number of fused-ring (bicyclic) bond motifs is 1. The maximum atomic E-state index is 12.8. The van der Waals surface area contributed by atoms with E-state index in [9.17, 15) is 8.78 Å². The molecule has 2 aromatic heterocycles. The summed E-state index contributed by atoms with van der Waals surface area (Å²) in [6.45, 7) is 3.14. The zero-order valence-electron chi connectivity index (χ0n) is 17.4. The Morgan fingerprint density at radius 1 is 1.19 bits per heavy atom. The van der Waals surface area contributed by atoms with Gasteiger partial charge in [0.15, 0.2) is 11.6 Å². The molecule has 166 valence electrons. The van der Waals surface area contributed by atoms with Crippen molar-refractivity contribution in [1.82, 2.24) is 15.0 Å². The fraction of sp³-hybridized carbons (Fsp3) is 0.571. The third-order valence-corrected chi connectivity index (χ3v) is 6.27. The first kappa shape index (κ1) is 20.2. The van der Waals surface area contributed by atoms with Gasteiger partial charge >= 0.3 is 6.61 Å². The van der Waals surface area contributed by atoms with Crippen LogP contribution in [-0.4, -0.2) is 60.5 Å². The summed E-state index contributed by atoms with van der Waals surface area (Å²) in [5.74, 6) is 2.68. The van der Waals surface area contributed by atoms with Crippen molar-refractivity contribution < 1.29 is 18.3 Å². The summed E-state index contributed by atoms with van der Waals surface area (Å²) in [5.41, 5.74) is 6.87. The number of hydrogen-bond donors (Lipinski definition) is 1. The van der Waals surface area contributed by atoms with E-state index in [1.807, 2.05) is 6.07 Å². The van der Waals surface area contributed by atoms with Crippen LogP contribution in [0.3, 0.4) is 0 Å². The minimum Gasteiger partial charge on any atom is -0.431 e. The van der Waals surface area contributed by atoms with E-state index in [0.29, 0.717) is 23.8 Å². The minimum absolute atomic E-state index is 0.0860. The first-order valence-electron chi connectivity index (χ1n) is 10.7. The van der Waals surface area contributed by atoms with Crippen molar-refractivity contribution in [3.63, 3.8) is 0 Å². The Balaban J connectivity index is 1.51. The third kappa shape index (κ3) is 4.21. The van der Waals surface area contributed by atoms with Crippen LogP contribution in [0.5, 0.6) is 5.75 Å². The van der Waals surface area contributed by atoms with Gasteiger partial charge in [0.05, 0.1) is 18.4 Å². The average Bonchev–Trinajstić information content (AvgIpc) is 3.39. The Morgan fingerprint density at radius 2 is 2.00 bits per heavy atom. The van der Waals surface area contributed by atoms with E-state index < -0.39 is 6.61 Å². The highest BCUT2D eigenvalue weighted by Crippen LogP contribution is 2.46. The predicted molar refractivity (Wildman–Crippen MR) is 112 cm³/mol. The van der Waals surface area contributed by atoms with Gasteiger partial charge in [-0.05, 0) is 30.7 Å². The molecule has 2 aliphatic heterocycles. The van der Waals surface area contributed by atoms with Crippen LogP contribution in [0.25, 0.3) is 11.3 Å². The number of pyridine rings is 1. The van der Waals surface area contributed by atoms with E-state index in [4.69, 9.17) is 20.4 Å². The Labute approximate surface area is 179 Å². The normalized spacial score (nSPS) is 25.1. The van der Waals surface area contributed by atoms with Crippen LogP contribution in [0, 0.1) is 11.8 Å². The van der Waals surface area contributed by atoms with Crippen LogP contribution in [0.15, 0.2) is 18.3 Å². The molecule has 8 nitrogen and oxygen atoms in total. The van der Waals surface area contributed by atoms with E-state index in [1.54, 1.807) is 0 Å². The Bertz CT molecular complexity index is 951. The smallest absolute Gasteiger partial charge is 0.387 e. The van der Waals surface area contributed by atoms with Gasteiger partial charge in [-0.3, -0.25) is 0 Å². The van der Waals surface area contributed by atoms with Crippen LogP contribution in [-0.2, 0) is 4.74 Å². The molecular formula is C21H26F2N6O2. The van der Waals surface area contributed by atoms with Gasteiger partial charge in [-0.15, -0.1) is 0 Å². The molecule has 2 saturated heterocycles. The number of rotatable bonds is 6. The predicted octanol–water partition coefficient (Wildman–Crippen LogP) is 2.79. The molecule has 4 heterocycles. The Morgan fingerprint density at radius 3 is 2.74 bits per heavy atom. The summed E-state index contributed by atoms with van der Waals surface area (Å²) in [4.78, 5) is 18.1. The lowest BCUT2D eigenvalue weighted by atomic mass is 10.1. The molecule has 0 radical (unpaired) electrons. The van der Waals surface area contributed by atoms with Crippen molar-refractivity contribution in [3.8, 4) is 17.0 Å². The van der Waals surface area contributed by atoms with Gasteiger partial charge in [0.1, 0.15) is 5.82 Å². The van der Waals surface area contributed by atoms with Gasteiger partial charge in [0.25, 0.3) is 0 Å². The summed E-state index contributed by atoms with van der Waals surface area (Å²) in [7, 11) is 0. The average molecular weight is 432 g/mol. The molecule has 3 aliphatic rings. The highest BCUT2D eigenvalue weighted by atomic mass is 19.3. The molecule has 1 aliphatic carbocycles. The monoisotopic (exact) mass is 432 g/mol. The number of nitrogens with zero attached hydrogens (tertiary/aromatic N) is 5. The number of hydrogen-bond acceptors (Lipinski definition) is 8. The molecule has 31 heavy (non-hydrogen) atoms. The lowest BCUT2D eigenvalue weighted by molar-refractivity contribution is -0.0494. The molecule has 5 rings (SSSR count). The highest BCUT2D eigenvalue weighted by molar-refractivity contribution is 5.68. The molecule has 2 unspecified atom stereocenters. The van der Waals surface area contributed by atoms with Crippen molar-refractivity contribution in [2.24, 2.45) is 11.8 Å². The minimum atomic E-state index is -2.98. The largest absolute Gasteiger partial charge is 0.431 e. The van der Waals surface area contributed by atoms with E-state index in [-0.39, 0.29) is 17.7 Å². The summed E-state index contributed by atoms with van der Waals surface area (Å²) >= 11 is 0. The summed E-state index contributed by atoms with van der Waals surface area (Å²) in [5, 5.41) is 0. The number of alkyl halides is 2. The standard InChI is InChI=1S/C21H26F2N6O2/c1-2-15-11-28(3-4-30-15)18-7-16(12-6-17(31-20(22)23)19(24)25-8-12)26-21(27-18)29-9-13-5-14(13)10-29/h6-8,13-15,20H,2-5,9-11H2,1H3,(H2,24,25)/t13?,14?,15-/m0/s1. The van der Waals surface area contributed by atoms with Crippen LogP contribution in [0.1, 0.15) is 19.8 Å². The number of nitrogen functional groups attached to an aromatic ring is 1. The van der Waals surface area contributed by atoms with Crippen molar-refractivity contribution in [3.05, 3.63) is 18.3 Å². The molecule has 2 N–H and O–H groups in total. The highest BCUT2D eigenvalue weighted by Gasteiger charge is 2.46. The SMILES string of the molecule is CC[C@H]1CN(c2cc(-c3cnc(N)c(OC(F)F)c3)nc(N3CC4CC4C3)n2)CCO1. The number of morpholine rings is 1. The zero-order chi connectivity index (χ0) is 21.5. The van der Waals surface area contributed by atoms with Crippen LogP contribution < -0.4 is 20.3 Å². The van der Waals surface area contributed by atoms with E-state index >= 15 is 0 Å². The molecule has 3 fully saturated rings. The second-order valence-corrected chi connectivity index (χ2v) is 8.41. The molecule has 3 atom stereocenters. The van der Waals surface area contributed by atoms with Crippen molar-refractivity contribution in [2.45, 2.75) is 32.5 Å². The first-order valence-corrected chi connectivity index (χ1v) is 10.7. The number of ether oxygens (including phenoxy) is 2. The van der Waals surface area contributed by atoms with Crippen LogP contribution in [0.4, 0.5) is 26.4 Å². The van der Waals surface area contributed by atoms with Crippen molar-refractivity contribution >= 4 is 17.6 Å². The number of halogens is 2. The molecular weight excluding hydrogens is 406 g/mol. The van der Waals surface area contributed by atoms with E-state index in [2.05, 4.69) is 26.4 Å². The van der Waals surface area contributed by atoms with E-state index in [1.165, 1.54) is 18.7 Å². The van der Waals surface area contributed by atoms with Gasteiger partial charge in [-0.25, -0.2) is 9.97 Å². The summed E-state index contributed by atoms with van der Waals surface area (Å²) in [6, 6.07) is 3.33. The van der Waals surface area contributed by atoms with Crippen molar-refractivity contribution in [1.29, 1.82) is 0 Å². The summed E-state index contributed by atoms with van der Waals surface area (Å²) < 4.78 is 35.9. The number of aromatic nitrogens is 3. The third-order valence-electron chi connectivity index (χ3n) is 6.27. The Kier molecular flexibility index (Phi) is 5.25. The molecule has 0 aromatic carbocycles. The first-order chi connectivity index (χ1) is 15.0. The quantitative estimate of drug-likeness (QED) is 0.745. The molecule has 1 saturated carbocycles. The fourth-order valence-electron chi connectivity index (χ4n) is 4.39. The Hall–Kier alpha value is -2.75.